The molecule has 0 saturated carbocycles. The van der Waals surface area contributed by atoms with Crippen LogP contribution in [-0.4, -0.2) is 30.4 Å². The predicted molar refractivity (Wildman–Crippen MR) is 72.5 cm³/mol. The van der Waals surface area contributed by atoms with E-state index < -0.39 is 5.60 Å². The van der Waals surface area contributed by atoms with E-state index in [0.29, 0.717) is 6.54 Å². The zero-order valence-electron chi connectivity index (χ0n) is 11.3. The SMILES string of the molecule is CC1(NCC(C)(O)c2ccccc2)CCOCC1. The Morgan fingerprint density at radius 3 is 2.50 bits per heavy atom. The Morgan fingerprint density at radius 1 is 1.28 bits per heavy atom. The fourth-order valence-electron chi connectivity index (χ4n) is 2.28. The summed E-state index contributed by atoms with van der Waals surface area (Å²) in [5, 5.41) is 14.0. The van der Waals surface area contributed by atoms with Gasteiger partial charge in [0, 0.05) is 25.3 Å². The smallest absolute Gasteiger partial charge is 0.0992 e. The highest BCUT2D eigenvalue weighted by Crippen LogP contribution is 2.24. The third kappa shape index (κ3) is 3.31. The first-order chi connectivity index (χ1) is 8.52. The van der Waals surface area contributed by atoms with Gasteiger partial charge in [0.1, 0.15) is 0 Å². The van der Waals surface area contributed by atoms with Gasteiger partial charge in [0.25, 0.3) is 0 Å². The van der Waals surface area contributed by atoms with Crippen LogP contribution in [0.25, 0.3) is 0 Å². The number of hydrogen-bond donors (Lipinski definition) is 2. The summed E-state index contributed by atoms with van der Waals surface area (Å²) in [7, 11) is 0. The maximum Gasteiger partial charge on any atom is 0.0992 e. The lowest BCUT2D eigenvalue weighted by atomic mass is 9.89. The molecule has 1 aromatic rings. The fraction of sp³-hybridized carbons (Fsp3) is 0.600. The zero-order chi connectivity index (χ0) is 13.1. The van der Waals surface area contributed by atoms with E-state index in [4.69, 9.17) is 4.74 Å². The van der Waals surface area contributed by atoms with Crippen LogP contribution in [0.4, 0.5) is 0 Å². The molecule has 1 aliphatic rings. The molecule has 1 aromatic carbocycles. The van der Waals surface area contributed by atoms with Crippen LogP contribution < -0.4 is 5.32 Å². The van der Waals surface area contributed by atoms with Crippen molar-refractivity contribution in [3.63, 3.8) is 0 Å². The lowest BCUT2D eigenvalue weighted by molar-refractivity contribution is 0.0156. The number of nitrogens with one attached hydrogen (secondary N) is 1. The van der Waals surface area contributed by atoms with Crippen LogP contribution in [0.3, 0.4) is 0 Å². The van der Waals surface area contributed by atoms with E-state index in [-0.39, 0.29) is 5.54 Å². The molecule has 100 valence electrons. The normalized spacial score (nSPS) is 22.4. The number of rotatable bonds is 4. The van der Waals surface area contributed by atoms with Crippen molar-refractivity contribution in [2.75, 3.05) is 19.8 Å². The van der Waals surface area contributed by atoms with Gasteiger partial charge < -0.3 is 15.2 Å². The van der Waals surface area contributed by atoms with Crippen molar-refractivity contribution in [1.82, 2.24) is 5.32 Å². The molecule has 18 heavy (non-hydrogen) atoms. The van der Waals surface area contributed by atoms with Gasteiger partial charge >= 0.3 is 0 Å². The van der Waals surface area contributed by atoms with Crippen LogP contribution in [0.15, 0.2) is 30.3 Å². The first kappa shape index (κ1) is 13.5. The minimum atomic E-state index is -0.831. The van der Waals surface area contributed by atoms with Crippen molar-refractivity contribution in [2.24, 2.45) is 0 Å². The number of aliphatic hydroxyl groups is 1. The van der Waals surface area contributed by atoms with Crippen LogP contribution >= 0.6 is 0 Å². The minimum Gasteiger partial charge on any atom is -0.384 e. The van der Waals surface area contributed by atoms with Crippen LogP contribution in [0.5, 0.6) is 0 Å². The highest BCUT2D eigenvalue weighted by Gasteiger charge is 2.31. The van der Waals surface area contributed by atoms with Gasteiger partial charge in [-0.25, -0.2) is 0 Å². The molecular formula is C15H23NO2. The number of hydrogen-bond acceptors (Lipinski definition) is 3. The standard InChI is InChI=1S/C15H23NO2/c1-14(8-10-18-11-9-14)16-12-15(2,17)13-6-4-3-5-7-13/h3-7,16-17H,8-12H2,1-2H3. The molecule has 1 unspecified atom stereocenters. The first-order valence-corrected chi connectivity index (χ1v) is 6.63. The second-order valence-electron chi connectivity index (χ2n) is 5.67. The van der Waals surface area contributed by atoms with Crippen molar-refractivity contribution in [3.8, 4) is 0 Å². The second kappa shape index (κ2) is 5.39. The highest BCUT2D eigenvalue weighted by molar-refractivity contribution is 5.21. The largest absolute Gasteiger partial charge is 0.384 e. The van der Waals surface area contributed by atoms with E-state index in [1.165, 1.54) is 0 Å². The summed E-state index contributed by atoms with van der Waals surface area (Å²) in [5.41, 5.74) is 0.202. The summed E-state index contributed by atoms with van der Waals surface area (Å²) in [6.07, 6.45) is 2.00. The van der Waals surface area contributed by atoms with E-state index in [9.17, 15) is 5.11 Å². The lowest BCUT2D eigenvalue weighted by Gasteiger charge is -2.37. The summed E-state index contributed by atoms with van der Waals surface area (Å²) < 4.78 is 5.38. The minimum absolute atomic E-state index is 0.0804. The molecule has 2 rings (SSSR count). The second-order valence-corrected chi connectivity index (χ2v) is 5.67. The maximum absolute atomic E-state index is 10.5. The van der Waals surface area contributed by atoms with Crippen LogP contribution in [0.2, 0.25) is 0 Å². The number of benzene rings is 1. The molecule has 1 heterocycles. The summed E-state index contributed by atoms with van der Waals surface area (Å²) in [4.78, 5) is 0. The molecule has 1 aliphatic heterocycles. The first-order valence-electron chi connectivity index (χ1n) is 6.63. The molecule has 1 atom stereocenters. The van der Waals surface area contributed by atoms with Crippen LogP contribution in [-0.2, 0) is 10.3 Å². The molecule has 0 spiro atoms. The molecule has 0 aliphatic carbocycles. The molecule has 0 radical (unpaired) electrons. The molecule has 2 N–H and O–H groups in total. The zero-order valence-corrected chi connectivity index (χ0v) is 11.3. The molecule has 0 aromatic heterocycles. The van der Waals surface area contributed by atoms with E-state index >= 15 is 0 Å². The van der Waals surface area contributed by atoms with E-state index in [0.717, 1.165) is 31.6 Å². The van der Waals surface area contributed by atoms with Gasteiger partial charge in [-0.05, 0) is 32.3 Å². The number of ether oxygens (including phenoxy) is 1. The Morgan fingerprint density at radius 2 is 1.89 bits per heavy atom. The van der Waals surface area contributed by atoms with Crippen LogP contribution in [0.1, 0.15) is 32.3 Å². The Balaban J connectivity index is 1.96. The quantitative estimate of drug-likeness (QED) is 0.858. The van der Waals surface area contributed by atoms with Crippen molar-refractivity contribution >= 4 is 0 Å². The van der Waals surface area contributed by atoms with Gasteiger partial charge in [-0.2, -0.15) is 0 Å². The van der Waals surface area contributed by atoms with Crippen molar-refractivity contribution < 1.29 is 9.84 Å². The van der Waals surface area contributed by atoms with E-state index in [1.807, 2.05) is 37.3 Å². The van der Waals surface area contributed by atoms with Crippen molar-refractivity contribution in [3.05, 3.63) is 35.9 Å². The Kier molecular flexibility index (Phi) is 4.05. The van der Waals surface area contributed by atoms with Crippen molar-refractivity contribution in [1.29, 1.82) is 0 Å². The third-order valence-corrected chi connectivity index (χ3v) is 3.85. The van der Waals surface area contributed by atoms with E-state index in [1.54, 1.807) is 0 Å². The summed E-state index contributed by atoms with van der Waals surface area (Å²) >= 11 is 0. The predicted octanol–water partition coefficient (Wildman–Crippen LogP) is 2.05. The summed E-state index contributed by atoms with van der Waals surface area (Å²) in [6, 6.07) is 9.81. The van der Waals surface area contributed by atoms with Crippen LogP contribution in [0, 0.1) is 0 Å². The Labute approximate surface area is 109 Å². The van der Waals surface area contributed by atoms with Gasteiger partial charge in [0.15, 0.2) is 0 Å². The van der Waals surface area contributed by atoms with Gasteiger partial charge in [-0.15, -0.1) is 0 Å². The highest BCUT2D eigenvalue weighted by atomic mass is 16.5. The summed E-state index contributed by atoms with van der Waals surface area (Å²) in [6.45, 7) is 6.23. The van der Waals surface area contributed by atoms with Gasteiger partial charge in [0.2, 0.25) is 0 Å². The van der Waals surface area contributed by atoms with Gasteiger partial charge in [-0.3, -0.25) is 0 Å². The Bertz CT molecular complexity index is 369. The van der Waals surface area contributed by atoms with Gasteiger partial charge in [-0.1, -0.05) is 30.3 Å². The summed E-state index contributed by atoms with van der Waals surface area (Å²) in [5.74, 6) is 0. The molecule has 0 amide bonds. The average Bonchev–Trinajstić information content (AvgIpc) is 2.39. The molecule has 1 fully saturated rings. The molecular weight excluding hydrogens is 226 g/mol. The molecule has 0 bridgehead atoms. The maximum atomic E-state index is 10.5. The fourth-order valence-corrected chi connectivity index (χ4v) is 2.28. The monoisotopic (exact) mass is 249 g/mol. The Hall–Kier alpha value is -0.900. The molecule has 1 saturated heterocycles. The third-order valence-electron chi connectivity index (χ3n) is 3.85. The molecule has 3 nitrogen and oxygen atoms in total. The average molecular weight is 249 g/mol. The van der Waals surface area contributed by atoms with Gasteiger partial charge in [0.05, 0.1) is 5.60 Å². The lowest BCUT2D eigenvalue weighted by Crippen LogP contribution is -2.51. The van der Waals surface area contributed by atoms with E-state index in [2.05, 4.69) is 12.2 Å². The number of β-amino-alcohol motifs (C(OH)–C–C–N with tert-alkyl or cyclic N) is 1. The topological polar surface area (TPSA) is 41.5 Å². The van der Waals surface area contributed by atoms with Crippen molar-refractivity contribution in [2.45, 2.75) is 37.8 Å². The molecule has 3 heteroatoms.